The second-order valence-corrected chi connectivity index (χ2v) is 12.3. The van der Waals surface area contributed by atoms with E-state index in [0.717, 1.165) is 24.0 Å². The van der Waals surface area contributed by atoms with Crippen molar-refractivity contribution in [2.75, 3.05) is 6.54 Å². The SMILES string of the molecule is CCCCCCCCCCCCNC(=O)c1ccc(CN(Cc2cccc(Oc3ccccc3)c2)OC(=O)C=O)c(Br)c1Br. The van der Waals surface area contributed by atoms with Crippen molar-refractivity contribution in [2.24, 2.45) is 0 Å². The standard InChI is InChI=1S/C35H42Br2N2O5/c1-2-3-4-5-6-7-8-9-10-14-22-38-35(42)31-21-20-28(33(36)34(31)37)25-39(44-32(41)26-40)24-27-16-15-19-30(23-27)43-29-17-12-11-13-18-29/h11-13,15-21,23,26H,2-10,14,22,24-25H2,1H3,(H,38,42). The Hall–Kier alpha value is -3.01. The average Bonchev–Trinajstić information content (AvgIpc) is 3.02. The number of unbranched alkanes of at least 4 members (excludes halogenated alkanes) is 9. The van der Waals surface area contributed by atoms with Crippen LogP contribution in [0.4, 0.5) is 0 Å². The van der Waals surface area contributed by atoms with Gasteiger partial charge in [-0.1, -0.05) is 101 Å². The van der Waals surface area contributed by atoms with E-state index in [1.807, 2.05) is 54.6 Å². The lowest BCUT2D eigenvalue weighted by Gasteiger charge is -2.22. The van der Waals surface area contributed by atoms with Gasteiger partial charge in [-0.15, -0.1) is 5.06 Å². The Morgan fingerprint density at radius 3 is 2.11 bits per heavy atom. The van der Waals surface area contributed by atoms with Crippen LogP contribution in [0.2, 0.25) is 0 Å². The number of hydrogen-bond acceptors (Lipinski definition) is 6. The van der Waals surface area contributed by atoms with Gasteiger partial charge in [0.05, 0.1) is 18.7 Å². The number of carbonyl (C=O) groups excluding carboxylic acids is 3. The largest absolute Gasteiger partial charge is 0.457 e. The Morgan fingerprint density at radius 1 is 0.773 bits per heavy atom. The van der Waals surface area contributed by atoms with Gasteiger partial charge in [0.1, 0.15) is 11.5 Å². The highest BCUT2D eigenvalue weighted by Gasteiger charge is 2.19. The lowest BCUT2D eigenvalue weighted by atomic mass is 10.1. The van der Waals surface area contributed by atoms with Gasteiger partial charge in [-0.25, -0.2) is 4.79 Å². The highest BCUT2D eigenvalue weighted by atomic mass is 79.9. The summed E-state index contributed by atoms with van der Waals surface area (Å²) in [5.74, 6) is 0.183. The summed E-state index contributed by atoms with van der Waals surface area (Å²) in [6.45, 7) is 3.24. The van der Waals surface area contributed by atoms with E-state index >= 15 is 0 Å². The summed E-state index contributed by atoms with van der Waals surface area (Å²) in [5, 5.41) is 4.42. The molecule has 0 aliphatic rings. The molecule has 1 N–H and O–H groups in total. The highest BCUT2D eigenvalue weighted by Crippen LogP contribution is 2.32. The fourth-order valence-electron chi connectivity index (χ4n) is 4.79. The molecule has 3 rings (SSSR count). The third-order valence-corrected chi connectivity index (χ3v) is 9.38. The molecule has 9 heteroatoms. The molecule has 0 saturated heterocycles. The van der Waals surface area contributed by atoms with E-state index in [1.165, 1.54) is 56.4 Å². The van der Waals surface area contributed by atoms with Crippen LogP contribution in [-0.2, 0) is 27.5 Å². The van der Waals surface area contributed by atoms with Crippen LogP contribution in [0.25, 0.3) is 0 Å². The van der Waals surface area contributed by atoms with Crippen molar-refractivity contribution in [2.45, 2.75) is 84.2 Å². The predicted molar refractivity (Wildman–Crippen MR) is 180 cm³/mol. The van der Waals surface area contributed by atoms with Crippen molar-refractivity contribution in [1.29, 1.82) is 0 Å². The number of rotatable bonds is 20. The summed E-state index contributed by atoms with van der Waals surface area (Å²) in [6, 6.07) is 20.4. The van der Waals surface area contributed by atoms with E-state index in [9.17, 15) is 14.4 Å². The monoisotopic (exact) mass is 728 g/mol. The number of ether oxygens (including phenoxy) is 1. The van der Waals surface area contributed by atoms with Crippen molar-refractivity contribution in [3.05, 3.63) is 92.4 Å². The molecular formula is C35H42Br2N2O5. The van der Waals surface area contributed by atoms with Crippen LogP contribution in [0, 0.1) is 0 Å². The molecule has 0 fully saturated rings. The van der Waals surface area contributed by atoms with Gasteiger partial charge in [0.2, 0.25) is 6.29 Å². The number of hydrogen-bond donors (Lipinski definition) is 1. The molecule has 0 spiro atoms. The number of para-hydroxylation sites is 1. The number of aldehydes is 1. The number of amides is 1. The number of benzene rings is 3. The number of carbonyl (C=O) groups is 3. The van der Waals surface area contributed by atoms with Crippen molar-refractivity contribution in [3.63, 3.8) is 0 Å². The molecule has 3 aromatic rings. The van der Waals surface area contributed by atoms with Crippen LogP contribution in [-0.4, -0.2) is 29.8 Å². The van der Waals surface area contributed by atoms with Gasteiger partial charge in [0, 0.05) is 15.5 Å². The zero-order valence-electron chi connectivity index (χ0n) is 25.4. The molecule has 0 bridgehead atoms. The summed E-state index contributed by atoms with van der Waals surface area (Å²) < 4.78 is 7.20. The Kier molecular flexibility index (Phi) is 16.2. The number of hydroxylamine groups is 2. The third-order valence-electron chi connectivity index (χ3n) is 7.12. The first kappa shape index (κ1) is 35.5. The molecule has 0 radical (unpaired) electrons. The first-order chi connectivity index (χ1) is 21.4. The maximum Gasteiger partial charge on any atom is 0.390 e. The van der Waals surface area contributed by atoms with Gasteiger partial charge in [-0.3, -0.25) is 9.59 Å². The van der Waals surface area contributed by atoms with Gasteiger partial charge in [-0.2, -0.15) is 0 Å². The minimum Gasteiger partial charge on any atom is -0.457 e. The van der Waals surface area contributed by atoms with Gasteiger partial charge in [-0.05, 0) is 79.7 Å². The van der Waals surface area contributed by atoms with E-state index in [0.29, 0.717) is 32.6 Å². The smallest absolute Gasteiger partial charge is 0.390 e. The maximum atomic E-state index is 12.9. The van der Waals surface area contributed by atoms with E-state index in [-0.39, 0.29) is 25.3 Å². The van der Waals surface area contributed by atoms with Crippen molar-refractivity contribution >= 4 is 50.0 Å². The maximum absolute atomic E-state index is 12.9. The molecule has 0 heterocycles. The quantitative estimate of drug-likeness (QED) is 0.0540. The first-order valence-electron chi connectivity index (χ1n) is 15.4. The summed E-state index contributed by atoms with van der Waals surface area (Å²) in [7, 11) is 0. The fraction of sp³-hybridized carbons (Fsp3) is 0.400. The minimum atomic E-state index is -1.00. The van der Waals surface area contributed by atoms with Crippen molar-refractivity contribution in [1.82, 2.24) is 10.4 Å². The van der Waals surface area contributed by atoms with Crippen LogP contribution in [0.3, 0.4) is 0 Å². The topological polar surface area (TPSA) is 84.9 Å². The van der Waals surface area contributed by atoms with Gasteiger partial charge < -0.3 is 14.9 Å². The number of halogens is 2. The second kappa shape index (κ2) is 20.1. The molecule has 0 unspecified atom stereocenters. The lowest BCUT2D eigenvalue weighted by Crippen LogP contribution is -2.28. The summed E-state index contributed by atoms with van der Waals surface area (Å²) in [4.78, 5) is 41.2. The molecular weight excluding hydrogens is 688 g/mol. The zero-order chi connectivity index (χ0) is 31.6. The average molecular weight is 731 g/mol. The summed E-state index contributed by atoms with van der Waals surface area (Å²) >= 11 is 7.16. The number of nitrogens with zero attached hydrogens (tertiary/aromatic N) is 1. The highest BCUT2D eigenvalue weighted by molar-refractivity contribution is 9.13. The lowest BCUT2D eigenvalue weighted by molar-refractivity contribution is -0.195. The van der Waals surface area contributed by atoms with E-state index < -0.39 is 5.97 Å². The Labute approximate surface area is 277 Å². The van der Waals surface area contributed by atoms with Crippen LogP contribution < -0.4 is 10.1 Å². The normalized spacial score (nSPS) is 10.9. The molecule has 0 aliphatic carbocycles. The molecule has 1 amide bonds. The van der Waals surface area contributed by atoms with E-state index in [2.05, 4.69) is 44.1 Å². The van der Waals surface area contributed by atoms with Gasteiger partial charge >= 0.3 is 5.97 Å². The minimum absolute atomic E-state index is 0.134. The molecule has 236 valence electrons. The second-order valence-electron chi connectivity index (χ2n) is 10.7. The molecule has 0 aromatic heterocycles. The van der Waals surface area contributed by atoms with Gasteiger partial charge in [0.15, 0.2) is 0 Å². The van der Waals surface area contributed by atoms with Gasteiger partial charge in [0.25, 0.3) is 5.91 Å². The third kappa shape index (κ3) is 12.5. The Balaban J connectivity index is 1.54. The first-order valence-corrected chi connectivity index (χ1v) is 17.0. The van der Waals surface area contributed by atoms with E-state index in [1.54, 1.807) is 12.1 Å². The Morgan fingerprint density at radius 2 is 1.43 bits per heavy atom. The predicted octanol–water partition coefficient (Wildman–Crippen LogP) is 9.31. The molecule has 7 nitrogen and oxygen atoms in total. The van der Waals surface area contributed by atoms with Crippen molar-refractivity contribution in [3.8, 4) is 11.5 Å². The van der Waals surface area contributed by atoms with Crippen LogP contribution in [0.1, 0.15) is 92.6 Å². The summed E-state index contributed by atoms with van der Waals surface area (Å²) in [5.41, 5.74) is 2.09. The van der Waals surface area contributed by atoms with Crippen LogP contribution in [0.5, 0.6) is 11.5 Å². The molecule has 3 aromatic carbocycles. The number of nitrogens with one attached hydrogen (secondary N) is 1. The fourth-order valence-corrected chi connectivity index (χ4v) is 5.83. The van der Waals surface area contributed by atoms with Crippen molar-refractivity contribution < 1.29 is 24.0 Å². The zero-order valence-corrected chi connectivity index (χ0v) is 28.5. The molecule has 44 heavy (non-hydrogen) atoms. The van der Waals surface area contributed by atoms with E-state index in [4.69, 9.17) is 9.57 Å². The molecule has 0 saturated carbocycles. The molecule has 0 aliphatic heterocycles. The molecule has 0 atom stereocenters. The van der Waals surface area contributed by atoms with Crippen LogP contribution in [0.15, 0.2) is 75.7 Å². The summed E-state index contributed by atoms with van der Waals surface area (Å²) in [6.07, 6.45) is 12.6. The van der Waals surface area contributed by atoms with Crippen LogP contribution >= 0.6 is 31.9 Å². The Bertz CT molecular complexity index is 1340.